The van der Waals surface area contributed by atoms with E-state index in [9.17, 15) is 0 Å². The fourth-order valence-corrected chi connectivity index (χ4v) is 4.45. The monoisotopic (exact) mass is 745 g/mol. The van der Waals surface area contributed by atoms with E-state index in [1.54, 1.807) is 0 Å². The molecule has 6 nitrogen and oxygen atoms in total. The smallest absolute Gasteiger partial charge is 0.0236 e. The maximum atomic E-state index is 5.29. The zero-order chi connectivity index (χ0) is 41.5. The van der Waals surface area contributed by atoms with Gasteiger partial charge in [0.1, 0.15) is 0 Å². The molecule has 6 heteroatoms. The van der Waals surface area contributed by atoms with Gasteiger partial charge in [-0.3, -0.25) is 4.90 Å². The second kappa shape index (κ2) is 42.9. The van der Waals surface area contributed by atoms with E-state index >= 15 is 0 Å². The van der Waals surface area contributed by atoms with Crippen LogP contribution < -0.4 is 22.1 Å². The average Bonchev–Trinajstić information content (AvgIpc) is 3.20. The summed E-state index contributed by atoms with van der Waals surface area (Å²) in [5, 5.41) is 6.74. The molecule has 0 aliphatic heterocycles. The van der Waals surface area contributed by atoms with Crippen LogP contribution in [0.1, 0.15) is 160 Å². The minimum atomic E-state index is 0.384. The molecule has 0 fully saturated rings. The number of hydrogen-bond acceptors (Lipinski definition) is 6. The molecule has 0 saturated heterocycles. The van der Waals surface area contributed by atoms with Crippen molar-refractivity contribution in [2.75, 3.05) is 32.7 Å². The molecule has 6 atom stereocenters. The Balaban J connectivity index is -0.000000283. The summed E-state index contributed by atoms with van der Waals surface area (Å²) >= 11 is 0. The van der Waals surface area contributed by atoms with Crippen molar-refractivity contribution in [2.24, 2.45) is 17.4 Å². The lowest BCUT2D eigenvalue weighted by atomic mass is 10.1. The van der Waals surface area contributed by atoms with Crippen LogP contribution in [0, 0.1) is 5.92 Å². The molecule has 0 bridgehead atoms. The Morgan fingerprint density at radius 2 is 0.906 bits per heavy atom. The van der Waals surface area contributed by atoms with Crippen molar-refractivity contribution in [1.29, 1.82) is 0 Å². The predicted molar refractivity (Wildman–Crippen MR) is 244 cm³/mol. The molecule has 314 valence electrons. The van der Waals surface area contributed by atoms with Gasteiger partial charge in [0.15, 0.2) is 0 Å². The van der Waals surface area contributed by atoms with Crippen LogP contribution in [0.15, 0.2) is 60.7 Å². The third-order valence-electron chi connectivity index (χ3n) is 9.89. The predicted octanol–water partition coefficient (Wildman–Crippen LogP) is 11.1. The van der Waals surface area contributed by atoms with Crippen molar-refractivity contribution >= 4 is 0 Å². The van der Waals surface area contributed by atoms with Gasteiger partial charge in [0.25, 0.3) is 0 Å². The highest BCUT2D eigenvalue weighted by Crippen LogP contribution is 2.09. The Labute approximate surface area is 334 Å². The minimum absolute atomic E-state index is 0.384. The normalized spacial score (nSPS) is 13.7. The van der Waals surface area contributed by atoms with Crippen LogP contribution in [-0.4, -0.2) is 72.7 Å². The molecule has 0 aromatic heterocycles. The van der Waals surface area contributed by atoms with E-state index in [1.165, 1.54) is 56.3 Å². The van der Waals surface area contributed by atoms with Gasteiger partial charge in [-0.05, 0) is 116 Å². The summed E-state index contributed by atoms with van der Waals surface area (Å²) < 4.78 is 0. The Kier molecular flexibility index (Phi) is 46.9. The van der Waals surface area contributed by atoms with Gasteiger partial charge in [0, 0.05) is 43.3 Å². The fraction of sp³-hybridized carbons (Fsp3) is 0.745. The van der Waals surface area contributed by atoms with Gasteiger partial charge in [-0.2, -0.15) is 0 Å². The van der Waals surface area contributed by atoms with Crippen LogP contribution in [0.25, 0.3) is 0 Å². The Bertz CT molecular complexity index is 917. The van der Waals surface area contributed by atoms with Crippen molar-refractivity contribution in [1.82, 2.24) is 20.4 Å². The number of rotatable bonds is 19. The molecular weight excluding hydrogens is 649 g/mol. The molecule has 0 amide bonds. The maximum Gasteiger partial charge on any atom is 0.0236 e. The third-order valence-corrected chi connectivity index (χ3v) is 9.89. The van der Waals surface area contributed by atoms with Crippen molar-refractivity contribution in [3.63, 3.8) is 0 Å². The van der Waals surface area contributed by atoms with Gasteiger partial charge >= 0.3 is 0 Å². The Morgan fingerprint density at radius 3 is 1.17 bits per heavy atom. The van der Waals surface area contributed by atoms with Gasteiger partial charge in [-0.25, -0.2) is 0 Å². The van der Waals surface area contributed by atoms with Crippen molar-refractivity contribution < 1.29 is 0 Å². The van der Waals surface area contributed by atoms with Crippen molar-refractivity contribution in [3.05, 3.63) is 71.8 Å². The summed E-state index contributed by atoms with van der Waals surface area (Å²) in [6.07, 6.45) is 7.19. The number of benzene rings is 2. The van der Waals surface area contributed by atoms with E-state index in [1.807, 2.05) is 13.0 Å². The highest BCUT2D eigenvalue weighted by atomic mass is 15.1. The van der Waals surface area contributed by atoms with Gasteiger partial charge < -0.3 is 27.0 Å². The molecule has 0 radical (unpaired) electrons. The van der Waals surface area contributed by atoms with E-state index in [0.717, 1.165) is 45.2 Å². The number of nitrogens with two attached hydrogens (primary N) is 2. The largest absolute Gasteiger partial charge is 0.330 e. The van der Waals surface area contributed by atoms with Gasteiger partial charge in [0.2, 0.25) is 0 Å². The fourth-order valence-electron chi connectivity index (χ4n) is 4.45. The van der Waals surface area contributed by atoms with Crippen LogP contribution in [0.3, 0.4) is 0 Å². The first kappa shape index (κ1) is 57.9. The topological polar surface area (TPSA) is 82.6 Å². The quantitative estimate of drug-likeness (QED) is 0.115. The van der Waals surface area contributed by atoms with Crippen molar-refractivity contribution in [3.8, 4) is 0 Å². The molecule has 0 heterocycles. The first-order chi connectivity index (χ1) is 25.2. The van der Waals surface area contributed by atoms with Gasteiger partial charge in [0.05, 0.1) is 0 Å². The van der Waals surface area contributed by atoms with Gasteiger partial charge in [-0.15, -0.1) is 0 Å². The number of hydrogen-bond donors (Lipinski definition) is 4. The molecule has 0 aliphatic carbocycles. The molecule has 2 aromatic carbocycles. The first-order valence-corrected chi connectivity index (χ1v) is 21.7. The van der Waals surface area contributed by atoms with Crippen LogP contribution in [0.2, 0.25) is 0 Å². The van der Waals surface area contributed by atoms with Gasteiger partial charge in [-0.1, -0.05) is 143 Å². The van der Waals surface area contributed by atoms with E-state index in [2.05, 4.69) is 179 Å². The second-order valence-corrected chi connectivity index (χ2v) is 14.5. The molecule has 6 N–H and O–H groups in total. The van der Waals surface area contributed by atoms with E-state index < -0.39 is 0 Å². The summed E-state index contributed by atoms with van der Waals surface area (Å²) in [5.41, 5.74) is 13.3. The lowest BCUT2D eigenvalue weighted by Crippen LogP contribution is -2.31. The Hall–Kier alpha value is -1.80. The van der Waals surface area contributed by atoms with Crippen LogP contribution in [-0.2, 0) is 13.1 Å². The third kappa shape index (κ3) is 39.7. The highest BCUT2D eigenvalue weighted by Gasteiger charge is 2.09. The molecular formula is C47H96N6. The first-order valence-electron chi connectivity index (χ1n) is 21.7. The van der Waals surface area contributed by atoms with E-state index in [4.69, 9.17) is 11.5 Å². The summed E-state index contributed by atoms with van der Waals surface area (Å²) in [6, 6.07) is 24.3. The summed E-state index contributed by atoms with van der Waals surface area (Å²) in [6.45, 7) is 42.5. The molecule has 0 spiro atoms. The van der Waals surface area contributed by atoms with Crippen LogP contribution >= 0.6 is 0 Å². The lowest BCUT2D eigenvalue weighted by molar-refractivity contribution is 0.206. The zero-order valence-electron chi connectivity index (χ0n) is 38.5. The molecule has 0 aliphatic rings. The maximum absolute atomic E-state index is 5.29. The Morgan fingerprint density at radius 1 is 0.509 bits per heavy atom. The average molecular weight is 745 g/mol. The minimum Gasteiger partial charge on any atom is -0.330 e. The summed E-state index contributed by atoms with van der Waals surface area (Å²) in [5.74, 6) is 0.713. The van der Waals surface area contributed by atoms with E-state index in [-0.39, 0.29) is 0 Å². The molecule has 53 heavy (non-hydrogen) atoms. The molecule has 0 saturated carbocycles. The molecule has 6 unspecified atom stereocenters. The second-order valence-electron chi connectivity index (χ2n) is 14.5. The molecule has 2 rings (SSSR count). The van der Waals surface area contributed by atoms with E-state index in [0.29, 0.717) is 30.1 Å². The van der Waals surface area contributed by atoms with Crippen molar-refractivity contribution in [2.45, 2.75) is 193 Å². The highest BCUT2D eigenvalue weighted by molar-refractivity contribution is 5.15. The molecule has 2 aromatic rings. The number of nitrogens with zero attached hydrogens (tertiary/aromatic N) is 2. The van der Waals surface area contributed by atoms with Crippen LogP contribution in [0.4, 0.5) is 0 Å². The summed E-state index contributed by atoms with van der Waals surface area (Å²) in [4.78, 5) is 4.98. The zero-order valence-corrected chi connectivity index (χ0v) is 38.5. The lowest BCUT2D eigenvalue weighted by Gasteiger charge is -2.26. The summed E-state index contributed by atoms with van der Waals surface area (Å²) in [7, 11) is 0. The number of nitrogens with one attached hydrogen (secondary N) is 2. The standard InChI is InChI=1S/C13H21N.C11H17N.C8H19N.C6H15N.C5H13N.C4H11N/c1-4-12(3)14(5-2)11-13-9-7-6-8-10-13;1-3-10(2)12-9-11-7-5-4-6-8-11;1-5-8(4)9(6-2)7-3;1-4-6(3)7-5-2;1-3-5(2)4-6;1-3-4(2)5/h6-10,12H,4-5,11H2,1-3H3;4-8,10,12H,3,9H2,1-2H3;8H,5-7H2,1-4H3;6-7H,4-5H2,1-3H3;5H,3-4,6H2,1-2H3;4H,3,5H2,1-2H3. The van der Waals surface area contributed by atoms with Crippen LogP contribution in [0.5, 0.6) is 0 Å². The SMILES string of the molecule is CCC(C)CN.CCC(C)N.CCC(C)N(CC)CC.CCC(C)N(CC)Cc1ccccc1.CCC(C)NCc1ccccc1.CCNC(C)CC.